The average Bonchev–Trinajstić information content (AvgIpc) is 2.10. The molecule has 0 amide bonds. The Balaban J connectivity index is 3.75. The van der Waals surface area contributed by atoms with Crippen LogP contribution < -0.4 is 0 Å². The normalized spacial score (nSPS) is 17.3. The van der Waals surface area contributed by atoms with Crippen LogP contribution in [0.25, 0.3) is 0 Å². The summed E-state index contributed by atoms with van der Waals surface area (Å²) in [7, 11) is 0. The summed E-state index contributed by atoms with van der Waals surface area (Å²) in [4.78, 5) is 0. The summed E-state index contributed by atoms with van der Waals surface area (Å²) in [5, 5.41) is 0. The third-order valence-corrected chi connectivity index (χ3v) is 2.32. The van der Waals surface area contributed by atoms with Crippen LogP contribution in [-0.2, 0) is 0 Å². The lowest BCUT2D eigenvalue weighted by molar-refractivity contribution is 0.465. The zero-order valence-electron chi connectivity index (χ0n) is 8.88. The summed E-state index contributed by atoms with van der Waals surface area (Å²) in [5.74, 6) is 1.48. The molecule has 0 aromatic carbocycles. The number of rotatable bonds is 5. The van der Waals surface area contributed by atoms with E-state index in [1.54, 1.807) is 0 Å². The van der Waals surface area contributed by atoms with Crippen LogP contribution in [0.3, 0.4) is 0 Å². The van der Waals surface area contributed by atoms with Crippen molar-refractivity contribution in [3.63, 3.8) is 0 Å². The first-order valence-corrected chi connectivity index (χ1v) is 5.00. The molecule has 2 atom stereocenters. The fraction of sp³-hybridized carbons (Fsp3) is 0.667. The van der Waals surface area contributed by atoms with Gasteiger partial charge in [0.1, 0.15) is 0 Å². The number of hydrogen-bond acceptors (Lipinski definition) is 0. The van der Waals surface area contributed by atoms with Crippen LogP contribution in [0.1, 0.15) is 40.5 Å². The highest BCUT2D eigenvalue weighted by Crippen LogP contribution is 2.16. The van der Waals surface area contributed by atoms with E-state index in [2.05, 4.69) is 52.0 Å². The molecule has 0 saturated carbocycles. The van der Waals surface area contributed by atoms with Gasteiger partial charge in [-0.1, -0.05) is 45.1 Å². The van der Waals surface area contributed by atoms with Crippen molar-refractivity contribution in [1.82, 2.24) is 0 Å². The van der Waals surface area contributed by atoms with Gasteiger partial charge >= 0.3 is 0 Å². The molecule has 0 nitrogen and oxygen atoms in total. The van der Waals surface area contributed by atoms with Gasteiger partial charge in [-0.3, -0.25) is 0 Å². The fourth-order valence-corrected chi connectivity index (χ4v) is 1.11. The molecule has 0 N–H and O–H groups in total. The van der Waals surface area contributed by atoms with Crippen molar-refractivity contribution in [3.8, 4) is 0 Å². The highest BCUT2D eigenvalue weighted by atomic mass is 14.1. The average molecular weight is 166 g/mol. The molecule has 12 heavy (non-hydrogen) atoms. The molecule has 0 radical (unpaired) electrons. The predicted octanol–water partition coefficient (Wildman–Crippen LogP) is 4.19. The van der Waals surface area contributed by atoms with E-state index in [0.717, 1.165) is 12.3 Å². The van der Waals surface area contributed by atoms with Crippen molar-refractivity contribution in [2.24, 2.45) is 11.8 Å². The summed E-state index contributed by atoms with van der Waals surface area (Å²) in [6.07, 6.45) is 11.3. The zero-order chi connectivity index (χ0) is 9.40. The second kappa shape index (κ2) is 7.15. The van der Waals surface area contributed by atoms with Crippen LogP contribution in [0.5, 0.6) is 0 Å². The molecule has 0 aliphatic rings. The smallest absolute Gasteiger partial charge is 0.0233 e. The minimum absolute atomic E-state index is 0.709. The minimum Gasteiger partial charge on any atom is -0.0917 e. The molecule has 0 aromatic rings. The highest BCUT2D eigenvalue weighted by molar-refractivity contribution is 4.90. The third kappa shape index (κ3) is 5.17. The molecule has 0 rings (SSSR count). The van der Waals surface area contributed by atoms with Gasteiger partial charge in [-0.25, -0.2) is 0 Å². The second-order valence-corrected chi connectivity index (χ2v) is 3.48. The molecular formula is C12H22. The van der Waals surface area contributed by atoms with Crippen LogP contribution in [0.2, 0.25) is 0 Å². The maximum Gasteiger partial charge on any atom is -0.0233 e. The molecule has 0 aliphatic heterocycles. The van der Waals surface area contributed by atoms with Crippen LogP contribution in [-0.4, -0.2) is 0 Å². The number of allylic oxidation sites excluding steroid dienone is 4. The Morgan fingerprint density at radius 2 is 1.83 bits per heavy atom. The highest BCUT2D eigenvalue weighted by Gasteiger charge is 2.05. The Bertz CT molecular complexity index is 142. The predicted molar refractivity (Wildman–Crippen MR) is 57.2 cm³/mol. The van der Waals surface area contributed by atoms with Crippen molar-refractivity contribution in [2.75, 3.05) is 0 Å². The zero-order valence-corrected chi connectivity index (χ0v) is 8.88. The Labute approximate surface area is 77.4 Å². The summed E-state index contributed by atoms with van der Waals surface area (Å²) in [6.45, 7) is 8.87. The summed E-state index contributed by atoms with van der Waals surface area (Å²) < 4.78 is 0. The van der Waals surface area contributed by atoms with E-state index in [9.17, 15) is 0 Å². The fourth-order valence-electron chi connectivity index (χ4n) is 1.11. The Morgan fingerprint density at radius 3 is 2.33 bits per heavy atom. The first-order valence-electron chi connectivity index (χ1n) is 5.00. The number of hydrogen-bond donors (Lipinski definition) is 0. The van der Waals surface area contributed by atoms with E-state index < -0.39 is 0 Å². The van der Waals surface area contributed by atoms with Crippen molar-refractivity contribution < 1.29 is 0 Å². The first-order chi connectivity index (χ1) is 5.72. The van der Waals surface area contributed by atoms with Crippen LogP contribution >= 0.6 is 0 Å². The quantitative estimate of drug-likeness (QED) is 0.537. The third-order valence-electron chi connectivity index (χ3n) is 2.32. The standard InChI is InChI=1S/C12H22/c1-5-7-9-11(3)12(4)10-8-6-2/h5,7-8,10-12H,6,9H2,1-4H3/b7-5+,10-8+. The second-order valence-electron chi connectivity index (χ2n) is 3.48. The van der Waals surface area contributed by atoms with E-state index in [1.165, 1.54) is 6.42 Å². The Kier molecular flexibility index (Phi) is 6.84. The van der Waals surface area contributed by atoms with Crippen molar-refractivity contribution in [2.45, 2.75) is 40.5 Å². The molecule has 0 heteroatoms. The van der Waals surface area contributed by atoms with Crippen LogP contribution in [0, 0.1) is 11.8 Å². The lowest BCUT2D eigenvalue weighted by Crippen LogP contribution is -2.03. The van der Waals surface area contributed by atoms with Gasteiger partial charge in [-0.05, 0) is 31.6 Å². The lowest BCUT2D eigenvalue weighted by Gasteiger charge is -2.13. The van der Waals surface area contributed by atoms with Gasteiger partial charge in [0.15, 0.2) is 0 Å². The van der Waals surface area contributed by atoms with E-state index in [0.29, 0.717) is 5.92 Å². The van der Waals surface area contributed by atoms with Gasteiger partial charge in [0, 0.05) is 0 Å². The maximum absolute atomic E-state index is 2.33. The molecule has 70 valence electrons. The molecule has 0 fully saturated rings. The molecule has 0 saturated heterocycles. The van der Waals surface area contributed by atoms with Crippen molar-refractivity contribution in [1.29, 1.82) is 0 Å². The molecule has 0 spiro atoms. The van der Waals surface area contributed by atoms with Crippen molar-refractivity contribution >= 4 is 0 Å². The van der Waals surface area contributed by atoms with Gasteiger partial charge in [-0.2, -0.15) is 0 Å². The largest absolute Gasteiger partial charge is 0.0917 e. The molecular weight excluding hydrogens is 144 g/mol. The molecule has 2 unspecified atom stereocenters. The van der Waals surface area contributed by atoms with Gasteiger partial charge in [0.25, 0.3) is 0 Å². The molecule has 0 aliphatic carbocycles. The minimum atomic E-state index is 0.709. The van der Waals surface area contributed by atoms with E-state index in [1.807, 2.05) is 0 Å². The summed E-state index contributed by atoms with van der Waals surface area (Å²) in [5.41, 5.74) is 0. The first kappa shape index (κ1) is 11.5. The maximum atomic E-state index is 2.33. The van der Waals surface area contributed by atoms with E-state index >= 15 is 0 Å². The lowest BCUT2D eigenvalue weighted by atomic mass is 9.92. The summed E-state index contributed by atoms with van der Waals surface area (Å²) >= 11 is 0. The van der Waals surface area contributed by atoms with Gasteiger partial charge < -0.3 is 0 Å². The molecule has 0 aromatic heterocycles. The Morgan fingerprint density at radius 1 is 1.17 bits per heavy atom. The topological polar surface area (TPSA) is 0 Å². The van der Waals surface area contributed by atoms with E-state index in [-0.39, 0.29) is 0 Å². The van der Waals surface area contributed by atoms with Gasteiger partial charge in [0.2, 0.25) is 0 Å². The molecule has 0 bridgehead atoms. The SMILES string of the molecule is C/C=C/CC(C)C(C)/C=C/CC. The van der Waals surface area contributed by atoms with E-state index in [4.69, 9.17) is 0 Å². The van der Waals surface area contributed by atoms with Gasteiger partial charge in [-0.15, -0.1) is 0 Å². The summed E-state index contributed by atoms with van der Waals surface area (Å²) in [6, 6.07) is 0. The monoisotopic (exact) mass is 166 g/mol. The van der Waals surface area contributed by atoms with Crippen LogP contribution in [0.15, 0.2) is 24.3 Å². The Hall–Kier alpha value is -0.520. The van der Waals surface area contributed by atoms with Crippen molar-refractivity contribution in [3.05, 3.63) is 24.3 Å². The van der Waals surface area contributed by atoms with Crippen LogP contribution in [0.4, 0.5) is 0 Å². The van der Waals surface area contributed by atoms with Gasteiger partial charge in [0.05, 0.1) is 0 Å². The molecule has 0 heterocycles.